The highest BCUT2D eigenvalue weighted by molar-refractivity contribution is 5.64. The van der Waals surface area contributed by atoms with Crippen molar-refractivity contribution < 1.29 is 14.3 Å². The Labute approximate surface area is 83.9 Å². The van der Waals surface area contributed by atoms with Crippen LogP contribution in [0, 0.1) is 0 Å². The Kier molecular flexibility index (Phi) is 5.32. The molecule has 1 saturated heterocycles. The summed E-state index contributed by atoms with van der Waals surface area (Å²) < 4.78 is 9.93. The second-order valence-corrected chi connectivity index (χ2v) is 3.36. The van der Waals surface area contributed by atoms with Gasteiger partial charge in [0.1, 0.15) is 6.61 Å². The first-order valence-electron chi connectivity index (χ1n) is 5.02. The molecule has 0 saturated carbocycles. The summed E-state index contributed by atoms with van der Waals surface area (Å²) in [4.78, 5) is 10.3. The molecular weight excluding hydrogens is 184 g/mol. The van der Waals surface area contributed by atoms with Crippen LogP contribution < -0.4 is 11.1 Å². The second kappa shape index (κ2) is 6.62. The summed E-state index contributed by atoms with van der Waals surface area (Å²) in [5.41, 5.74) is 4.83. The Morgan fingerprint density at radius 2 is 2.36 bits per heavy atom. The fourth-order valence-corrected chi connectivity index (χ4v) is 1.52. The van der Waals surface area contributed by atoms with E-state index in [1.165, 1.54) is 0 Å². The van der Waals surface area contributed by atoms with Crippen LogP contribution in [-0.4, -0.2) is 38.5 Å². The zero-order valence-electron chi connectivity index (χ0n) is 8.33. The van der Waals surface area contributed by atoms with Crippen molar-refractivity contribution in [1.29, 1.82) is 0 Å². The van der Waals surface area contributed by atoms with Crippen LogP contribution in [0.25, 0.3) is 0 Å². The van der Waals surface area contributed by atoms with E-state index in [1.807, 2.05) is 0 Å². The summed E-state index contributed by atoms with van der Waals surface area (Å²) in [5, 5.41) is 3.30. The van der Waals surface area contributed by atoms with Gasteiger partial charge >= 0.3 is 6.09 Å². The van der Waals surface area contributed by atoms with Gasteiger partial charge in [0, 0.05) is 25.8 Å². The average Bonchev–Trinajstić information content (AvgIpc) is 2.40. The zero-order valence-corrected chi connectivity index (χ0v) is 8.33. The average molecular weight is 202 g/mol. The maximum absolute atomic E-state index is 10.3. The number of ether oxygens (including phenoxy) is 2. The van der Waals surface area contributed by atoms with Gasteiger partial charge in [0.25, 0.3) is 0 Å². The summed E-state index contributed by atoms with van der Waals surface area (Å²) in [6.07, 6.45) is 2.53. The minimum atomic E-state index is -0.712. The molecule has 1 heterocycles. The van der Waals surface area contributed by atoms with E-state index < -0.39 is 6.09 Å². The smallest absolute Gasteiger partial charge is 0.404 e. The van der Waals surface area contributed by atoms with Crippen molar-refractivity contribution in [2.75, 3.05) is 26.4 Å². The Morgan fingerprint density at radius 1 is 1.50 bits per heavy atom. The molecule has 0 bridgehead atoms. The number of primary amides is 1. The largest absolute Gasteiger partial charge is 0.448 e. The molecule has 0 spiro atoms. The summed E-state index contributed by atoms with van der Waals surface area (Å²) in [5.74, 6) is 0. The summed E-state index contributed by atoms with van der Waals surface area (Å²) in [6.45, 7) is 2.67. The molecule has 1 amide bonds. The molecule has 5 heteroatoms. The van der Waals surface area contributed by atoms with Gasteiger partial charge in [0.05, 0.1) is 0 Å². The monoisotopic (exact) mass is 202 g/mol. The van der Waals surface area contributed by atoms with Crippen molar-refractivity contribution in [3.63, 3.8) is 0 Å². The topological polar surface area (TPSA) is 73.6 Å². The Bertz CT molecular complexity index is 167. The second-order valence-electron chi connectivity index (χ2n) is 3.36. The number of hydrogen-bond acceptors (Lipinski definition) is 4. The number of nitrogens with one attached hydrogen (secondary N) is 1. The van der Waals surface area contributed by atoms with Crippen molar-refractivity contribution in [3.05, 3.63) is 0 Å². The van der Waals surface area contributed by atoms with Gasteiger partial charge in [-0.05, 0) is 19.3 Å². The Morgan fingerprint density at radius 3 is 3.14 bits per heavy atom. The number of carbonyl (C=O) groups is 1. The standard InChI is InChI=1S/C9H18N2O3/c10-9(12)14-7-4-11-8-2-1-5-13-6-3-8/h8,11H,1-7H2,(H2,10,12). The third-order valence-corrected chi connectivity index (χ3v) is 2.23. The van der Waals surface area contributed by atoms with E-state index in [9.17, 15) is 4.79 Å². The van der Waals surface area contributed by atoms with E-state index in [1.54, 1.807) is 0 Å². The molecule has 82 valence electrons. The number of hydrogen-bond donors (Lipinski definition) is 2. The molecule has 3 N–H and O–H groups in total. The van der Waals surface area contributed by atoms with Gasteiger partial charge in [-0.15, -0.1) is 0 Å². The fourth-order valence-electron chi connectivity index (χ4n) is 1.52. The van der Waals surface area contributed by atoms with Crippen LogP contribution >= 0.6 is 0 Å². The molecule has 5 nitrogen and oxygen atoms in total. The quantitative estimate of drug-likeness (QED) is 0.640. The van der Waals surface area contributed by atoms with Gasteiger partial charge in [-0.1, -0.05) is 0 Å². The Hall–Kier alpha value is -0.810. The molecule has 14 heavy (non-hydrogen) atoms. The van der Waals surface area contributed by atoms with Crippen molar-refractivity contribution >= 4 is 6.09 Å². The highest BCUT2D eigenvalue weighted by Crippen LogP contribution is 2.07. The van der Waals surface area contributed by atoms with Crippen molar-refractivity contribution in [2.45, 2.75) is 25.3 Å². The normalized spacial score (nSPS) is 22.7. The summed E-state index contributed by atoms with van der Waals surface area (Å²) >= 11 is 0. The van der Waals surface area contributed by atoms with E-state index in [4.69, 9.17) is 10.5 Å². The predicted molar refractivity (Wildman–Crippen MR) is 52.0 cm³/mol. The van der Waals surface area contributed by atoms with E-state index in [0.29, 0.717) is 19.2 Å². The number of rotatable bonds is 4. The van der Waals surface area contributed by atoms with Crippen LogP contribution in [0.5, 0.6) is 0 Å². The molecule has 0 aromatic rings. The zero-order chi connectivity index (χ0) is 10.2. The van der Waals surface area contributed by atoms with Crippen LogP contribution in [0.4, 0.5) is 4.79 Å². The highest BCUT2D eigenvalue weighted by Gasteiger charge is 2.11. The highest BCUT2D eigenvalue weighted by atomic mass is 16.5. The number of carbonyl (C=O) groups excluding carboxylic acids is 1. The lowest BCUT2D eigenvalue weighted by Crippen LogP contribution is -2.33. The van der Waals surface area contributed by atoms with Crippen LogP contribution in [0.1, 0.15) is 19.3 Å². The first-order chi connectivity index (χ1) is 6.79. The molecule has 0 aromatic carbocycles. The van der Waals surface area contributed by atoms with Crippen LogP contribution in [0.2, 0.25) is 0 Å². The summed E-state index contributed by atoms with van der Waals surface area (Å²) in [6, 6.07) is 0.481. The number of nitrogens with two attached hydrogens (primary N) is 1. The number of amides is 1. The maximum atomic E-state index is 10.3. The van der Waals surface area contributed by atoms with Gasteiger partial charge in [0.15, 0.2) is 0 Å². The fraction of sp³-hybridized carbons (Fsp3) is 0.889. The lowest BCUT2D eigenvalue weighted by Gasteiger charge is -2.14. The van der Waals surface area contributed by atoms with Gasteiger partial charge in [-0.3, -0.25) is 0 Å². The minimum Gasteiger partial charge on any atom is -0.448 e. The first-order valence-corrected chi connectivity index (χ1v) is 5.02. The lowest BCUT2D eigenvalue weighted by atomic mass is 10.1. The van der Waals surface area contributed by atoms with E-state index in [2.05, 4.69) is 10.1 Å². The van der Waals surface area contributed by atoms with Crippen LogP contribution in [0.3, 0.4) is 0 Å². The van der Waals surface area contributed by atoms with Gasteiger partial charge in [-0.2, -0.15) is 0 Å². The molecule has 1 rings (SSSR count). The van der Waals surface area contributed by atoms with Gasteiger partial charge < -0.3 is 20.5 Å². The van der Waals surface area contributed by atoms with Gasteiger partial charge in [-0.25, -0.2) is 4.79 Å². The van der Waals surface area contributed by atoms with E-state index >= 15 is 0 Å². The molecule has 0 aromatic heterocycles. The molecule has 1 fully saturated rings. The molecule has 1 atom stereocenters. The molecule has 1 unspecified atom stereocenters. The lowest BCUT2D eigenvalue weighted by molar-refractivity contribution is 0.141. The van der Waals surface area contributed by atoms with Gasteiger partial charge in [0.2, 0.25) is 0 Å². The molecule has 0 aliphatic carbocycles. The molecular formula is C9H18N2O3. The van der Waals surface area contributed by atoms with E-state index in [0.717, 1.165) is 32.5 Å². The van der Waals surface area contributed by atoms with Crippen LogP contribution in [0.15, 0.2) is 0 Å². The maximum Gasteiger partial charge on any atom is 0.404 e. The van der Waals surface area contributed by atoms with Crippen molar-refractivity contribution in [3.8, 4) is 0 Å². The SMILES string of the molecule is NC(=O)OCCNC1CCCOCC1. The third-order valence-electron chi connectivity index (χ3n) is 2.23. The first kappa shape index (κ1) is 11.3. The van der Waals surface area contributed by atoms with Crippen molar-refractivity contribution in [2.24, 2.45) is 5.73 Å². The van der Waals surface area contributed by atoms with Crippen molar-refractivity contribution in [1.82, 2.24) is 5.32 Å². The summed E-state index contributed by atoms with van der Waals surface area (Å²) in [7, 11) is 0. The minimum absolute atomic E-state index is 0.340. The molecule has 1 aliphatic rings. The molecule has 0 radical (unpaired) electrons. The Balaban J connectivity index is 2.01. The third kappa shape index (κ3) is 5.04. The predicted octanol–water partition coefficient (Wildman–Crippen LogP) is 0.240. The van der Waals surface area contributed by atoms with E-state index in [-0.39, 0.29) is 0 Å². The molecule has 1 aliphatic heterocycles. The van der Waals surface area contributed by atoms with Crippen LogP contribution in [-0.2, 0) is 9.47 Å².